The zero-order chi connectivity index (χ0) is 15.4. The van der Waals surface area contributed by atoms with Gasteiger partial charge in [0.05, 0.1) is 6.10 Å². The standard InChI is InChI=1S/C16H23F2NO2/c1-10-3-8-15(21-16(17)18)14(9-10)11(2)19-12-4-6-13(20)7-5-12/h3,8-9,11-13,16,19-20H,4-7H2,1-2H3. The molecule has 2 rings (SSSR count). The lowest BCUT2D eigenvalue weighted by molar-refractivity contribution is -0.0507. The molecule has 1 saturated carbocycles. The third-order valence-corrected chi connectivity index (χ3v) is 4.03. The number of halogens is 2. The number of aliphatic hydroxyl groups is 1. The molecule has 1 aromatic carbocycles. The van der Waals surface area contributed by atoms with Crippen LogP contribution < -0.4 is 10.1 Å². The molecule has 0 radical (unpaired) electrons. The first kappa shape index (κ1) is 16.2. The summed E-state index contributed by atoms with van der Waals surface area (Å²) in [6, 6.07) is 5.49. The zero-order valence-electron chi connectivity index (χ0n) is 12.5. The number of alkyl halides is 2. The van der Waals surface area contributed by atoms with Gasteiger partial charge in [0, 0.05) is 17.6 Å². The summed E-state index contributed by atoms with van der Waals surface area (Å²) in [5.41, 5.74) is 1.76. The number of hydrogen-bond donors (Lipinski definition) is 2. The molecule has 21 heavy (non-hydrogen) atoms. The van der Waals surface area contributed by atoms with Crippen LogP contribution in [0.3, 0.4) is 0 Å². The fraction of sp³-hybridized carbons (Fsp3) is 0.625. The molecule has 1 aromatic rings. The molecule has 1 fully saturated rings. The van der Waals surface area contributed by atoms with Gasteiger partial charge < -0.3 is 15.2 Å². The van der Waals surface area contributed by atoms with Crippen molar-refractivity contribution in [1.82, 2.24) is 5.32 Å². The van der Waals surface area contributed by atoms with Crippen molar-refractivity contribution >= 4 is 0 Å². The van der Waals surface area contributed by atoms with Crippen LogP contribution >= 0.6 is 0 Å². The van der Waals surface area contributed by atoms with E-state index in [0.717, 1.165) is 36.8 Å². The Labute approximate surface area is 124 Å². The van der Waals surface area contributed by atoms with E-state index in [1.54, 1.807) is 12.1 Å². The first-order chi connectivity index (χ1) is 9.95. The molecule has 0 aromatic heterocycles. The Morgan fingerprint density at radius 3 is 2.52 bits per heavy atom. The fourth-order valence-electron chi connectivity index (χ4n) is 2.90. The van der Waals surface area contributed by atoms with Crippen LogP contribution in [0.5, 0.6) is 5.75 Å². The second kappa shape index (κ2) is 7.18. The Morgan fingerprint density at radius 1 is 1.24 bits per heavy atom. The van der Waals surface area contributed by atoms with E-state index in [4.69, 9.17) is 0 Å². The van der Waals surface area contributed by atoms with Gasteiger partial charge in [-0.05, 0) is 45.6 Å². The Bertz CT molecular complexity index is 460. The van der Waals surface area contributed by atoms with Gasteiger partial charge in [0.1, 0.15) is 5.75 Å². The Hall–Kier alpha value is -1.20. The lowest BCUT2D eigenvalue weighted by Gasteiger charge is -2.30. The fourth-order valence-corrected chi connectivity index (χ4v) is 2.90. The lowest BCUT2D eigenvalue weighted by Crippen LogP contribution is -2.36. The van der Waals surface area contributed by atoms with E-state index in [2.05, 4.69) is 10.1 Å². The largest absolute Gasteiger partial charge is 0.434 e. The van der Waals surface area contributed by atoms with E-state index < -0.39 is 6.61 Å². The third kappa shape index (κ3) is 4.64. The second-order valence-electron chi connectivity index (χ2n) is 5.81. The maximum absolute atomic E-state index is 12.5. The number of benzene rings is 1. The minimum atomic E-state index is -2.82. The third-order valence-electron chi connectivity index (χ3n) is 4.03. The highest BCUT2D eigenvalue weighted by atomic mass is 19.3. The second-order valence-corrected chi connectivity index (χ2v) is 5.81. The Morgan fingerprint density at radius 2 is 1.90 bits per heavy atom. The SMILES string of the molecule is Cc1ccc(OC(F)F)c(C(C)NC2CCC(O)CC2)c1. The van der Waals surface area contributed by atoms with Crippen molar-refractivity contribution in [1.29, 1.82) is 0 Å². The number of aryl methyl sites for hydroxylation is 1. The highest BCUT2D eigenvalue weighted by Gasteiger charge is 2.22. The van der Waals surface area contributed by atoms with Crippen LogP contribution in [-0.4, -0.2) is 23.9 Å². The molecule has 3 nitrogen and oxygen atoms in total. The summed E-state index contributed by atoms with van der Waals surface area (Å²) < 4.78 is 29.6. The number of hydrogen-bond acceptors (Lipinski definition) is 3. The molecule has 1 aliphatic carbocycles. The minimum absolute atomic E-state index is 0.0705. The molecule has 118 valence electrons. The summed E-state index contributed by atoms with van der Waals surface area (Å²) in [7, 11) is 0. The van der Waals surface area contributed by atoms with Crippen LogP contribution in [0, 0.1) is 6.92 Å². The van der Waals surface area contributed by atoms with Gasteiger partial charge in [-0.15, -0.1) is 0 Å². The Kier molecular flexibility index (Phi) is 5.53. The highest BCUT2D eigenvalue weighted by Crippen LogP contribution is 2.29. The Balaban J connectivity index is 2.06. The number of ether oxygens (including phenoxy) is 1. The van der Waals surface area contributed by atoms with Gasteiger partial charge in [-0.25, -0.2) is 0 Å². The summed E-state index contributed by atoms with van der Waals surface area (Å²) in [4.78, 5) is 0. The van der Waals surface area contributed by atoms with Crippen molar-refractivity contribution in [2.45, 2.75) is 64.3 Å². The monoisotopic (exact) mass is 299 g/mol. The summed E-state index contributed by atoms with van der Waals surface area (Å²) >= 11 is 0. The van der Waals surface area contributed by atoms with Crippen molar-refractivity contribution in [3.63, 3.8) is 0 Å². The minimum Gasteiger partial charge on any atom is -0.434 e. The average Bonchev–Trinajstić information content (AvgIpc) is 2.43. The quantitative estimate of drug-likeness (QED) is 0.873. The van der Waals surface area contributed by atoms with Gasteiger partial charge >= 0.3 is 6.61 Å². The molecule has 0 bridgehead atoms. The number of aliphatic hydroxyl groups excluding tert-OH is 1. The highest BCUT2D eigenvalue weighted by molar-refractivity contribution is 5.39. The molecule has 1 unspecified atom stereocenters. The summed E-state index contributed by atoms with van der Waals surface area (Å²) in [5, 5.41) is 13.0. The van der Waals surface area contributed by atoms with Crippen LogP contribution in [0.4, 0.5) is 8.78 Å². The predicted octanol–water partition coefficient (Wildman–Crippen LogP) is 3.55. The predicted molar refractivity (Wildman–Crippen MR) is 77.6 cm³/mol. The van der Waals surface area contributed by atoms with E-state index in [-0.39, 0.29) is 17.9 Å². The van der Waals surface area contributed by atoms with Gasteiger partial charge in [-0.3, -0.25) is 0 Å². The van der Waals surface area contributed by atoms with E-state index >= 15 is 0 Å². The van der Waals surface area contributed by atoms with Crippen LogP contribution in [-0.2, 0) is 0 Å². The van der Waals surface area contributed by atoms with E-state index in [0.29, 0.717) is 6.04 Å². The molecule has 0 saturated heterocycles. The molecule has 0 spiro atoms. The van der Waals surface area contributed by atoms with Gasteiger partial charge in [-0.2, -0.15) is 8.78 Å². The maximum atomic E-state index is 12.5. The normalized spacial score (nSPS) is 24.1. The topological polar surface area (TPSA) is 41.5 Å². The van der Waals surface area contributed by atoms with Crippen LogP contribution in [0.15, 0.2) is 18.2 Å². The van der Waals surface area contributed by atoms with Crippen molar-refractivity contribution in [3.05, 3.63) is 29.3 Å². The molecular formula is C16H23F2NO2. The van der Waals surface area contributed by atoms with Crippen molar-refractivity contribution in [3.8, 4) is 5.75 Å². The number of nitrogens with one attached hydrogen (secondary N) is 1. The van der Waals surface area contributed by atoms with Crippen LogP contribution in [0.25, 0.3) is 0 Å². The molecule has 0 amide bonds. The van der Waals surface area contributed by atoms with E-state index in [1.165, 1.54) is 0 Å². The van der Waals surface area contributed by atoms with Gasteiger partial charge in [-0.1, -0.05) is 17.7 Å². The summed E-state index contributed by atoms with van der Waals surface area (Å²) in [6.07, 6.45) is 3.19. The van der Waals surface area contributed by atoms with Crippen LogP contribution in [0.1, 0.15) is 49.8 Å². The van der Waals surface area contributed by atoms with E-state index in [1.807, 2.05) is 19.9 Å². The van der Waals surface area contributed by atoms with E-state index in [9.17, 15) is 13.9 Å². The molecule has 0 aliphatic heterocycles. The van der Waals surface area contributed by atoms with Crippen molar-refractivity contribution in [2.24, 2.45) is 0 Å². The first-order valence-corrected chi connectivity index (χ1v) is 7.45. The number of rotatable bonds is 5. The van der Waals surface area contributed by atoms with Gasteiger partial charge in [0.15, 0.2) is 0 Å². The average molecular weight is 299 g/mol. The molecule has 0 heterocycles. The molecule has 1 aliphatic rings. The van der Waals surface area contributed by atoms with Gasteiger partial charge in [0.2, 0.25) is 0 Å². The molecular weight excluding hydrogens is 276 g/mol. The first-order valence-electron chi connectivity index (χ1n) is 7.45. The van der Waals surface area contributed by atoms with Gasteiger partial charge in [0.25, 0.3) is 0 Å². The van der Waals surface area contributed by atoms with Crippen LogP contribution in [0.2, 0.25) is 0 Å². The summed E-state index contributed by atoms with van der Waals surface area (Å²) in [5.74, 6) is 0.228. The molecule has 5 heteroatoms. The zero-order valence-corrected chi connectivity index (χ0v) is 12.5. The molecule has 2 N–H and O–H groups in total. The van der Waals surface area contributed by atoms with Crippen molar-refractivity contribution in [2.75, 3.05) is 0 Å². The summed E-state index contributed by atoms with van der Waals surface area (Å²) in [6.45, 7) is 1.07. The lowest BCUT2D eigenvalue weighted by atomic mass is 9.92. The molecule has 1 atom stereocenters. The van der Waals surface area contributed by atoms with Crippen molar-refractivity contribution < 1.29 is 18.6 Å². The smallest absolute Gasteiger partial charge is 0.387 e. The maximum Gasteiger partial charge on any atom is 0.387 e.